The Morgan fingerprint density at radius 3 is 1.08 bits per heavy atom. The van der Waals surface area contributed by atoms with Crippen LogP contribution in [0.15, 0.2) is 164 Å². The van der Waals surface area contributed by atoms with E-state index in [1.165, 1.54) is 50.1 Å². The fourth-order valence-electron chi connectivity index (χ4n) is 4.34. The zero-order valence-corrected chi connectivity index (χ0v) is 23.1. The molecule has 0 nitrogen and oxygen atoms in total. The molecule has 0 aliphatic heterocycles. The van der Waals surface area contributed by atoms with Crippen LogP contribution in [0.25, 0.3) is 33.4 Å². The van der Waals surface area contributed by atoms with Gasteiger partial charge in [0.05, 0.1) is 0 Å². The Hall–Kier alpha value is -4.68. The molecule has 6 aromatic rings. The largest absolute Gasteiger partial charge is 0.0622 e. The van der Waals surface area contributed by atoms with Gasteiger partial charge in [-0.05, 0) is 65.3 Å². The van der Waals surface area contributed by atoms with Gasteiger partial charge >= 0.3 is 0 Å². The van der Waals surface area contributed by atoms with Crippen LogP contribution in [0.1, 0.15) is 16.7 Å². The summed E-state index contributed by atoms with van der Waals surface area (Å²) in [5.41, 5.74) is 11.7. The van der Waals surface area contributed by atoms with Gasteiger partial charge in [0.15, 0.2) is 0 Å². The van der Waals surface area contributed by atoms with Crippen LogP contribution in [0.4, 0.5) is 0 Å². The molecule has 0 atom stereocenters. The monoisotopic (exact) mass is 504 g/mol. The molecule has 0 heterocycles. The average molecular weight is 505 g/mol. The summed E-state index contributed by atoms with van der Waals surface area (Å²) >= 11 is 0. The first kappa shape index (κ1) is 27.4. The number of hydrogen-bond acceptors (Lipinski definition) is 0. The summed E-state index contributed by atoms with van der Waals surface area (Å²) in [6.45, 7) is 6.37. The Balaban J connectivity index is 0.000000150. The highest BCUT2D eigenvalue weighted by Crippen LogP contribution is 2.32. The van der Waals surface area contributed by atoms with Crippen molar-refractivity contribution in [2.24, 2.45) is 0 Å². The molecule has 0 unspecified atom stereocenters. The standard InChI is InChI=1S/C19H16.C12H10.C8H10/c1-15-8-7-11-17(14-15)19-13-6-5-12-18(19)16-9-3-2-4-10-16;1-3-7-11(8-4-1)12-9-5-2-6-10-12;1-7-5-3-4-6-8(7)2/h2-14H,1H3;1-10H;3-6H,1-2H3. The first-order valence-corrected chi connectivity index (χ1v) is 13.5. The molecular weight excluding hydrogens is 468 g/mol. The van der Waals surface area contributed by atoms with E-state index in [0.717, 1.165) is 0 Å². The quantitative estimate of drug-likeness (QED) is 0.225. The van der Waals surface area contributed by atoms with Crippen molar-refractivity contribution >= 4 is 0 Å². The van der Waals surface area contributed by atoms with Crippen LogP contribution in [0, 0.1) is 20.8 Å². The van der Waals surface area contributed by atoms with Crippen molar-refractivity contribution in [3.05, 3.63) is 180 Å². The Labute approximate surface area is 234 Å². The van der Waals surface area contributed by atoms with Gasteiger partial charge in [-0.15, -0.1) is 0 Å². The summed E-state index contributed by atoms with van der Waals surface area (Å²) in [6.07, 6.45) is 0. The number of benzene rings is 6. The molecule has 0 N–H and O–H groups in total. The van der Waals surface area contributed by atoms with Crippen LogP contribution in [0.2, 0.25) is 0 Å². The van der Waals surface area contributed by atoms with Gasteiger partial charge in [-0.25, -0.2) is 0 Å². The molecular formula is C39H36. The van der Waals surface area contributed by atoms with Gasteiger partial charge in [0.1, 0.15) is 0 Å². The lowest BCUT2D eigenvalue weighted by atomic mass is 9.94. The van der Waals surface area contributed by atoms with E-state index in [9.17, 15) is 0 Å². The SMILES string of the molecule is Cc1cccc(-c2ccccc2-c2ccccc2)c1.Cc1ccccc1C.c1ccc(-c2ccccc2)cc1. The third-order valence-electron chi connectivity index (χ3n) is 6.65. The van der Waals surface area contributed by atoms with Crippen molar-refractivity contribution in [2.75, 3.05) is 0 Å². The summed E-state index contributed by atoms with van der Waals surface area (Å²) in [5, 5.41) is 0. The van der Waals surface area contributed by atoms with Gasteiger partial charge in [-0.2, -0.15) is 0 Å². The number of hydrogen-bond donors (Lipinski definition) is 0. The minimum absolute atomic E-state index is 1.26. The third kappa shape index (κ3) is 8.15. The Morgan fingerprint density at radius 2 is 0.641 bits per heavy atom. The van der Waals surface area contributed by atoms with Crippen LogP contribution in [-0.2, 0) is 0 Å². The molecule has 0 aromatic heterocycles. The van der Waals surface area contributed by atoms with Crippen LogP contribution in [-0.4, -0.2) is 0 Å². The smallest absolute Gasteiger partial charge is 0.0105 e. The first-order chi connectivity index (χ1) is 19.1. The zero-order chi connectivity index (χ0) is 27.3. The zero-order valence-electron chi connectivity index (χ0n) is 23.1. The van der Waals surface area contributed by atoms with Crippen LogP contribution in [0.5, 0.6) is 0 Å². The molecule has 6 aromatic carbocycles. The normalized spacial score (nSPS) is 9.92. The average Bonchev–Trinajstić information content (AvgIpc) is 3.01. The predicted octanol–water partition coefficient (Wildman–Crippen LogP) is 11.0. The van der Waals surface area contributed by atoms with Crippen LogP contribution in [0.3, 0.4) is 0 Å². The van der Waals surface area contributed by atoms with Crippen molar-refractivity contribution in [1.29, 1.82) is 0 Å². The molecule has 0 aliphatic carbocycles. The van der Waals surface area contributed by atoms with E-state index in [4.69, 9.17) is 0 Å². The minimum atomic E-state index is 1.26. The van der Waals surface area contributed by atoms with Crippen molar-refractivity contribution in [2.45, 2.75) is 20.8 Å². The molecule has 0 spiro atoms. The maximum atomic E-state index is 2.24. The van der Waals surface area contributed by atoms with Crippen LogP contribution >= 0.6 is 0 Å². The molecule has 39 heavy (non-hydrogen) atoms. The summed E-state index contributed by atoms with van der Waals surface area (Å²) in [6, 6.07) is 56.9. The maximum absolute atomic E-state index is 2.24. The minimum Gasteiger partial charge on any atom is -0.0622 e. The Bertz CT molecular complexity index is 1490. The summed E-state index contributed by atoms with van der Waals surface area (Å²) in [4.78, 5) is 0. The summed E-state index contributed by atoms with van der Waals surface area (Å²) in [5.74, 6) is 0. The van der Waals surface area contributed by atoms with Gasteiger partial charge in [0.2, 0.25) is 0 Å². The molecule has 0 saturated heterocycles. The van der Waals surface area contributed by atoms with Crippen molar-refractivity contribution < 1.29 is 0 Å². The molecule has 0 heteroatoms. The third-order valence-corrected chi connectivity index (χ3v) is 6.65. The fraction of sp³-hybridized carbons (Fsp3) is 0.0769. The molecule has 0 radical (unpaired) electrons. The number of aryl methyl sites for hydroxylation is 3. The lowest BCUT2D eigenvalue weighted by molar-refractivity contribution is 1.34. The first-order valence-electron chi connectivity index (χ1n) is 13.5. The van der Waals surface area contributed by atoms with Crippen molar-refractivity contribution in [3.63, 3.8) is 0 Å². The van der Waals surface area contributed by atoms with E-state index in [1.54, 1.807) is 0 Å². The number of rotatable bonds is 3. The van der Waals surface area contributed by atoms with Crippen LogP contribution < -0.4 is 0 Å². The highest BCUT2D eigenvalue weighted by molar-refractivity contribution is 5.83. The van der Waals surface area contributed by atoms with E-state index in [0.29, 0.717) is 0 Å². The topological polar surface area (TPSA) is 0 Å². The highest BCUT2D eigenvalue weighted by atomic mass is 14.1. The van der Waals surface area contributed by atoms with Gasteiger partial charge in [0.25, 0.3) is 0 Å². The van der Waals surface area contributed by atoms with Gasteiger partial charge in [-0.1, -0.05) is 169 Å². The van der Waals surface area contributed by atoms with Crippen molar-refractivity contribution in [1.82, 2.24) is 0 Å². The summed E-state index contributed by atoms with van der Waals surface area (Å²) < 4.78 is 0. The second kappa shape index (κ2) is 14.3. The van der Waals surface area contributed by atoms with E-state index < -0.39 is 0 Å². The molecule has 0 fully saturated rings. The van der Waals surface area contributed by atoms with E-state index >= 15 is 0 Å². The van der Waals surface area contributed by atoms with E-state index in [1.807, 2.05) is 12.1 Å². The Kier molecular flexibility index (Phi) is 10.0. The second-order valence-electron chi connectivity index (χ2n) is 9.60. The van der Waals surface area contributed by atoms with Gasteiger partial charge in [-0.3, -0.25) is 0 Å². The molecule has 0 amide bonds. The molecule has 0 saturated carbocycles. The second-order valence-corrected chi connectivity index (χ2v) is 9.60. The van der Waals surface area contributed by atoms with Gasteiger partial charge in [0, 0.05) is 0 Å². The lowest BCUT2D eigenvalue weighted by Gasteiger charge is -2.10. The summed E-state index contributed by atoms with van der Waals surface area (Å²) in [7, 11) is 0. The molecule has 6 rings (SSSR count). The lowest BCUT2D eigenvalue weighted by Crippen LogP contribution is -1.85. The Morgan fingerprint density at radius 1 is 0.282 bits per heavy atom. The van der Waals surface area contributed by atoms with Crippen molar-refractivity contribution in [3.8, 4) is 33.4 Å². The van der Waals surface area contributed by atoms with Gasteiger partial charge < -0.3 is 0 Å². The maximum Gasteiger partial charge on any atom is -0.0105 e. The van der Waals surface area contributed by atoms with E-state index in [2.05, 4.69) is 172 Å². The molecule has 0 aliphatic rings. The molecule has 192 valence electrons. The van der Waals surface area contributed by atoms with E-state index in [-0.39, 0.29) is 0 Å². The highest BCUT2D eigenvalue weighted by Gasteiger charge is 2.06. The molecule has 0 bridgehead atoms. The predicted molar refractivity (Wildman–Crippen MR) is 170 cm³/mol. The fourth-order valence-corrected chi connectivity index (χ4v) is 4.34.